The van der Waals surface area contributed by atoms with E-state index in [-0.39, 0.29) is 6.04 Å². The van der Waals surface area contributed by atoms with E-state index in [9.17, 15) is 0 Å². The highest BCUT2D eigenvalue weighted by molar-refractivity contribution is 9.10. The molecule has 0 bridgehead atoms. The highest BCUT2D eigenvalue weighted by Gasteiger charge is 2.18. The minimum Gasteiger partial charge on any atom is -0.271 e. The molecule has 0 saturated carbocycles. The molecule has 0 amide bonds. The van der Waals surface area contributed by atoms with Crippen molar-refractivity contribution in [2.75, 3.05) is 0 Å². The van der Waals surface area contributed by atoms with Crippen molar-refractivity contribution in [3.8, 4) is 0 Å². The van der Waals surface area contributed by atoms with Crippen molar-refractivity contribution in [2.24, 2.45) is 12.9 Å². The van der Waals surface area contributed by atoms with Crippen molar-refractivity contribution in [1.29, 1.82) is 0 Å². The van der Waals surface area contributed by atoms with Crippen molar-refractivity contribution in [2.45, 2.75) is 25.8 Å². The van der Waals surface area contributed by atoms with Gasteiger partial charge in [-0.25, -0.2) is 4.98 Å². The lowest BCUT2D eigenvalue weighted by Gasteiger charge is -2.16. The first-order chi connectivity index (χ1) is 9.56. The van der Waals surface area contributed by atoms with Gasteiger partial charge in [-0.3, -0.25) is 16.0 Å². The summed E-state index contributed by atoms with van der Waals surface area (Å²) >= 11 is 9.42. The van der Waals surface area contributed by atoms with Crippen LogP contribution in [0.4, 0.5) is 0 Å². The molecule has 0 spiro atoms. The monoisotopic (exact) mass is 357 g/mol. The number of aromatic nitrogens is 3. The second kappa shape index (κ2) is 6.67. The number of nitrogens with two attached hydrogens (primary N) is 1. The Hall–Kier alpha value is -0.950. The van der Waals surface area contributed by atoms with Gasteiger partial charge in [-0.1, -0.05) is 24.6 Å². The van der Waals surface area contributed by atoms with Gasteiger partial charge in [0.25, 0.3) is 0 Å². The molecular weight excluding hydrogens is 342 g/mol. The minimum absolute atomic E-state index is 0.0452. The van der Waals surface area contributed by atoms with Gasteiger partial charge in [0.05, 0.1) is 21.9 Å². The van der Waals surface area contributed by atoms with Crippen LogP contribution in [0.2, 0.25) is 5.15 Å². The van der Waals surface area contributed by atoms with Crippen molar-refractivity contribution in [3.05, 3.63) is 44.9 Å². The molecule has 3 N–H and O–H groups in total. The number of halogens is 2. The summed E-state index contributed by atoms with van der Waals surface area (Å²) < 4.78 is 2.93. The van der Waals surface area contributed by atoms with Crippen LogP contribution in [0.5, 0.6) is 0 Å². The Morgan fingerprint density at radius 2 is 2.25 bits per heavy atom. The van der Waals surface area contributed by atoms with E-state index in [4.69, 9.17) is 17.4 Å². The smallest absolute Gasteiger partial charge is 0.129 e. The second-order valence-corrected chi connectivity index (χ2v) is 5.70. The zero-order chi connectivity index (χ0) is 14.7. The topological polar surface area (TPSA) is 68.8 Å². The summed E-state index contributed by atoms with van der Waals surface area (Å²) in [6.45, 7) is 2.08. The highest BCUT2D eigenvalue weighted by atomic mass is 79.9. The predicted molar refractivity (Wildman–Crippen MR) is 83.3 cm³/mol. The molecule has 108 valence electrons. The van der Waals surface area contributed by atoms with Gasteiger partial charge in [0.2, 0.25) is 0 Å². The number of aryl methyl sites for hydroxylation is 2. The first-order valence-electron chi connectivity index (χ1n) is 6.34. The standard InChI is InChI=1S/C13H17BrClN5/c1-3-9-13(14)11(20(2)19-9)6-10(18-16)8-4-5-12(15)17-7-8/h4-5,7,10,18H,3,6,16H2,1-2H3. The molecule has 2 aromatic heterocycles. The molecule has 2 aromatic rings. The van der Waals surface area contributed by atoms with Crippen molar-refractivity contribution >= 4 is 27.5 Å². The molecule has 7 heteroatoms. The summed E-state index contributed by atoms with van der Waals surface area (Å²) in [5.74, 6) is 5.67. The van der Waals surface area contributed by atoms with E-state index in [0.29, 0.717) is 11.6 Å². The minimum atomic E-state index is -0.0452. The number of hydrogen-bond donors (Lipinski definition) is 2. The van der Waals surface area contributed by atoms with Gasteiger partial charge >= 0.3 is 0 Å². The summed E-state index contributed by atoms with van der Waals surface area (Å²) in [6, 6.07) is 3.64. The number of nitrogens with one attached hydrogen (secondary N) is 1. The van der Waals surface area contributed by atoms with Gasteiger partial charge in [-0.15, -0.1) is 0 Å². The number of hydrazine groups is 1. The Morgan fingerprint density at radius 1 is 1.50 bits per heavy atom. The fourth-order valence-electron chi connectivity index (χ4n) is 2.10. The molecule has 0 fully saturated rings. The predicted octanol–water partition coefficient (Wildman–Crippen LogP) is 2.54. The number of pyridine rings is 1. The molecule has 2 heterocycles. The molecule has 0 aliphatic heterocycles. The van der Waals surface area contributed by atoms with E-state index in [2.05, 4.69) is 38.4 Å². The van der Waals surface area contributed by atoms with Crippen LogP contribution in [0.25, 0.3) is 0 Å². The molecule has 1 unspecified atom stereocenters. The highest BCUT2D eigenvalue weighted by Crippen LogP contribution is 2.26. The quantitative estimate of drug-likeness (QED) is 0.489. The zero-order valence-electron chi connectivity index (χ0n) is 11.4. The lowest BCUT2D eigenvalue weighted by Crippen LogP contribution is -2.30. The van der Waals surface area contributed by atoms with Crippen LogP contribution in [-0.4, -0.2) is 14.8 Å². The van der Waals surface area contributed by atoms with Gasteiger partial charge in [-0.05, 0) is 34.0 Å². The van der Waals surface area contributed by atoms with Gasteiger partial charge in [-0.2, -0.15) is 5.10 Å². The molecule has 5 nitrogen and oxygen atoms in total. The lowest BCUT2D eigenvalue weighted by atomic mass is 10.0. The summed E-state index contributed by atoms with van der Waals surface area (Å²) in [5, 5.41) is 4.96. The Morgan fingerprint density at radius 3 is 2.75 bits per heavy atom. The summed E-state index contributed by atoms with van der Waals surface area (Å²) in [5.41, 5.74) is 5.96. The van der Waals surface area contributed by atoms with E-state index in [1.54, 1.807) is 12.3 Å². The van der Waals surface area contributed by atoms with Crippen LogP contribution in [0.3, 0.4) is 0 Å². The summed E-state index contributed by atoms with van der Waals surface area (Å²) in [4.78, 5) is 4.09. The molecule has 0 aromatic carbocycles. The van der Waals surface area contributed by atoms with E-state index in [1.165, 1.54) is 0 Å². The summed E-state index contributed by atoms with van der Waals surface area (Å²) in [7, 11) is 1.94. The maximum absolute atomic E-state index is 5.81. The first kappa shape index (κ1) is 15.4. The van der Waals surface area contributed by atoms with Crippen LogP contribution in [-0.2, 0) is 19.9 Å². The number of rotatable bonds is 5. The van der Waals surface area contributed by atoms with Crippen molar-refractivity contribution in [1.82, 2.24) is 20.2 Å². The second-order valence-electron chi connectivity index (χ2n) is 4.52. The SMILES string of the molecule is CCc1nn(C)c(CC(NN)c2ccc(Cl)nc2)c1Br. The molecular formula is C13H17BrClN5. The Kier molecular flexibility index (Phi) is 5.15. The molecule has 0 saturated heterocycles. The van der Waals surface area contributed by atoms with E-state index >= 15 is 0 Å². The van der Waals surface area contributed by atoms with E-state index in [0.717, 1.165) is 27.8 Å². The molecule has 1 atom stereocenters. The molecule has 0 aliphatic rings. The normalized spacial score (nSPS) is 12.7. The van der Waals surface area contributed by atoms with Crippen LogP contribution in [0.1, 0.15) is 29.9 Å². The van der Waals surface area contributed by atoms with Gasteiger partial charge < -0.3 is 0 Å². The molecule has 0 aliphatic carbocycles. The average molecular weight is 359 g/mol. The molecule has 0 radical (unpaired) electrons. The fraction of sp³-hybridized carbons (Fsp3) is 0.385. The van der Waals surface area contributed by atoms with E-state index in [1.807, 2.05) is 17.8 Å². The van der Waals surface area contributed by atoms with Crippen molar-refractivity contribution < 1.29 is 0 Å². The maximum atomic E-state index is 5.81. The van der Waals surface area contributed by atoms with E-state index < -0.39 is 0 Å². The third-order valence-corrected chi connectivity index (χ3v) is 4.39. The van der Waals surface area contributed by atoms with Crippen LogP contribution >= 0.6 is 27.5 Å². The Bertz CT molecular complexity index is 581. The third kappa shape index (κ3) is 3.20. The van der Waals surface area contributed by atoms with Crippen molar-refractivity contribution in [3.63, 3.8) is 0 Å². The number of hydrogen-bond acceptors (Lipinski definition) is 4. The Balaban J connectivity index is 2.26. The lowest BCUT2D eigenvalue weighted by molar-refractivity contribution is 0.527. The average Bonchev–Trinajstić information content (AvgIpc) is 2.72. The van der Waals surface area contributed by atoms with Crippen LogP contribution in [0.15, 0.2) is 22.8 Å². The van der Waals surface area contributed by atoms with Gasteiger partial charge in [0, 0.05) is 19.7 Å². The third-order valence-electron chi connectivity index (χ3n) is 3.25. The summed E-state index contributed by atoms with van der Waals surface area (Å²) in [6.07, 6.45) is 3.33. The fourth-order valence-corrected chi connectivity index (χ4v) is 2.99. The zero-order valence-corrected chi connectivity index (χ0v) is 13.7. The molecule has 20 heavy (non-hydrogen) atoms. The largest absolute Gasteiger partial charge is 0.271 e. The Labute approximate surface area is 131 Å². The van der Waals surface area contributed by atoms with Crippen LogP contribution < -0.4 is 11.3 Å². The molecule has 2 rings (SSSR count). The van der Waals surface area contributed by atoms with Gasteiger partial charge in [0.1, 0.15) is 5.15 Å². The first-order valence-corrected chi connectivity index (χ1v) is 7.51. The van der Waals surface area contributed by atoms with Crippen LogP contribution in [0, 0.1) is 0 Å². The maximum Gasteiger partial charge on any atom is 0.129 e. The number of nitrogens with zero attached hydrogens (tertiary/aromatic N) is 3. The van der Waals surface area contributed by atoms with Gasteiger partial charge in [0.15, 0.2) is 0 Å².